The van der Waals surface area contributed by atoms with Crippen LogP contribution in [0.2, 0.25) is 0 Å². The molecule has 0 bridgehead atoms. The van der Waals surface area contributed by atoms with Gasteiger partial charge in [-0.05, 0) is 12.8 Å². The second-order valence-electron chi connectivity index (χ2n) is 4.76. The first-order valence-electron chi connectivity index (χ1n) is 6.29. The van der Waals surface area contributed by atoms with Crippen LogP contribution in [0.3, 0.4) is 0 Å². The number of aromatic amines is 1. The van der Waals surface area contributed by atoms with Gasteiger partial charge in [-0.2, -0.15) is 4.98 Å². The van der Waals surface area contributed by atoms with E-state index in [2.05, 4.69) is 15.1 Å². The Bertz CT molecular complexity index is 624. The van der Waals surface area contributed by atoms with Gasteiger partial charge in [0.1, 0.15) is 5.82 Å². The first kappa shape index (κ1) is 12.6. The maximum atomic E-state index is 12.9. The predicted molar refractivity (Wildman–Crippen MR) is 65.6 cm³/mol. The maximum absolute atomic E-state index is 12.9. The van der Waals surface area contributed by atoms with Crippen LogP contribution in [0, 0.1) is 5.82 Å². The normalized spacial score (nSPS) is 19.2. The molecule has 3 heterocycles. The summed E-state index contributed by atoms with van der Waals surface area (Å²) in [6.45, 7) is 0.866. The Morgan fingerprint density at radius 2 is 2.45 bits per heavy atom. The largest absolute Gasteiger partial charge is 0.465 e. The number of H-pyrrole nitrogens is 1. The van der Waals surface area contributed by atoms with Crippen LogP contribution < -0.4 is 0 Å². The number of aromatic nitrogens is 3. The van der Waals surface area contributed by atoms with Crippen LogP contribution in [0.5, 0.6) is 0 Å². The molecule has 2 N–H and O–H groups in total. The van der Waals surface area contributed by atoms with E-state index in [0.717, 1.165) is 12.8 Å². The molecular formula is C12H13FN4O3. The molecule has 2 aromatic heterocycles. The van der Waals surface area contributed by atoms with Crippen molar-refractivity contribution in [3.63, 3.8) is 0 Å². The van der Waals surface area contributed by atoms with Gasteiger partial charge in [0, 0.05) is 25.4 Å². The number of carboxylic acid groups (broad SMARTS) is 1. The zero-order chi connectivity index (χ0) is 14.1. The van der Waals surface area contributed by atoms with Crippen molar-refractivity contribution in [3.8, 4) is 11.5 Å². The fourth-order valence-electron chi connectivity index (χ4n) is 2.36. The van der Waals surface area contributed by atoms with Crippen molar-refractivity contribution in [1.29, 1.82) is 0 Å². The lowest BCUT2D eigenvalue weighted by molar-refractivity contribution is 0.126. The van der Waals surface area contributed by atoms with Crippen LogP contribution in [0.15, 0.2) is 16.8 Å². The minimum absolute atomic E-state index is 0.110. The van der Waals surface area contributed by atoms with Gasteiger partial charge >= 0.3 is 6.09 Å². The highest BCUT2D eigenvalue weighted by Crippen LogP contribution is 2.27. The van der Waals surface area contributed by atoms with Gasteiger partial charge in [-0.15, -0.1) is 0 Å². The molecule has 1 fully saturated rings. The van der Waals surface area contributed by atoms with E-state index in [0.29, 0.717) is 24.7 Å². The Morgan fingerprint density at radius 3 is 3.15 bits per heavy atom. The average Bonchev–Trinajstić information content (AvgIpc) is 3.07. The monoisotopic (exact) mass is 280 g/mol. The molecule has 2 aromatic rings. The highest BCUT2D eigenvalue weighted by molar-refractivity contribution is 5.65. The molecule has 1 saturated heterocycles. The third-order valence-electron chi connectivity index (χ3n) is 3.37. The van der Waals surface area contributed by atoms with Crippen LogP contribution in [-0.2, 0) is 0 Å². The van der Waals surface area contributed by atoms with Crippen LogP contribution >= 0.6 is 0 Å². The number of hydrogen-bond donors (Lipinski definition) is 2. The van der Waals surface area contributed by atoms with E-state index in [1.54, 1.807) is 0 Å². The zero-order valence-electron chi connectivity index (χ0n) is 10.5. The van der Waals surface area contributed by atoms with Gasteiger partial charge in [-0.25, -0.2) is 9.18 Å². The Balaban J connectivity index is 1.78. The smallest absolute Gasteiger partial charge is 0.407 e. The predicted octanol–water partition coefficient (Wildman–Crippen LogP) is 2.06. The fourth-order valence-corrected chi connectivity index (χ4v) is 2.36. The molecule has 106 valence electrons. The van der Waals surface area contributed by atoms with Gasteiger partial charge in [0.05, 0.1) is 11.6 Å². The molecule has 1 atom stereocenters. The minimum Gasteiger partial charge on any atom is -0.465 e. The lowest BCUT2D eigenvalue weighted by Gasteiger charge is -2.28. The minimum atomic E-state index is -0.944. The van der Waals surface area contributed by atoms with Crippen LogP contribution in [0.1, 0.15) is 24.7 Å². The molecule has 0 radical (unpaired) electrons. The summed E-state index contributed by atoms with van der Waals surface area (Å²) < 4.78 is 18.1. The molecule has 1 aliphatic rings. The highest BCUT2D eigenvalue weighted by atomic mass is 19.1. The Kier molecular flexibility index (Phi) is 3.13. The summed E-state index contributed by atoms with van der Waals surface area (Å²) in [4.78, 5) is 19.2. The second-order valence-corrected chi connectivity index (χ2v) is 4.76. The molecule has 8 heteroatoms. The molecule has 0 unspecified atom stereocenters. The number of nitrogens with one attached hydrogen (secondary N) is 1. The summed E-state index contributed by atoms with van der Waals surface area (Å²) in [5, 5.41) is 12.8. The summed E-state index contributed by atoms with van der Waals surface area (Å²) in [6, 6.07) is 1.28. The van der Waals surface area contributed by atoms with E-state index in [-0.39, 0.29) is 11.7 Å². The second kappa shape index (κ2) is 4.95. The zero-order valence-corrected chi connectivity index (χ0v) is 10.5. The third kappa shape index (κ3) is 2.36. The van der Waals surface area contributed by atoms with Gasteiger partial charge in [-0.1, -0.05) is 5.16 Å². The number of piperidine rings is 1. The van der Waals surface area contributed by atoms with Crippen molar-refractivity contribution < 1.29 is 18.8 Å². The van der Waals surface area contributed by atoms with Crippen molar-refractivity contribution in [2.24, 2.45) is 0 Å². The topological polar surface area (TPSA) is 95.2 Å². The van der Waals surface area contributed by atoms with Crippen molar-refractivity contribution in [2.45, 2.75) is 18.8 Å². The molecule has 0 spiro atoms. The standard InChI is InChI=1S/C12H13FN4O3/c13-8-4-9(14-5-8)10-15-11(20-16-10)7-2-1-3-17(6-7)12(18)19/h4-5,7,14H,1-3,6H2,(H,18,19)/t7-/m0/s1. The number of amides is 1. The molecule has 1 amide bonds. The first-order valence-corrected chi connectivity index (χ1v) is 6.29. The molecule has 0 aromatic carbocycles. The third-order valence-corrected chi connectivity index (χ3v) is 3.37. The van der Waals surface area contributed by atoms with Crippen LogP contribution in [-0.4, -0.2) is 44.3 Å². The first-order chi connectivity index (χ1) is 9.63. The molecule has 1 aliphatic heterocycles. The van der Waals surface area contributed by atoms with Gasteiger partial charge in [0.2, 0.25) is 11.7 Å². The van der Waals surface area contributed by atoms with Gasteiger partial charge < -0.3 is 19.5 Å². The average molecular weight is 280 g/mol. The van der Waals surface area contributed by atoms with Crippen molar-refractivity contribution in [3.05, 3.63) is 24.0 Å². The quantitative estimate of drug-likeness (QED) is 0.877. The SMILES string of the molecule is O=C(O)N1CCC[C@H](c2nc(-c3cc(F)c[nH]3)no2)C1. The summed E-state index contributed by atoms with van der Waals surface area (Å²) in [6.07, 6.45) is 1.81. The molecule has 3 rings (SSSR count). The summed E-state index contributed by atoms with van der Waals surface area (Å²) in [5.41, 5.74) is 0.434. The summed E-state index contributed by atoms with van der Waals surface area (Å²) >= 11 is 0. The van der Waals surface area contributed by atoms with Crippen molar-refractivity contribution >= 4 is 6.09 Å². The summed E-state index contributed by atoms with van der Waals surface area (Å²) in [5.74, 6) is 0.152. The number of nitrogens with zero attached hydrogens (tertiary/aromatic N) is 3. The lowest BCUT2D eigenvalue weighted by atomic mass is 9.98. The number of rotatable bonds is 2. The highest BCUT2D eigenvalue weighted by Gasteiger charge is 2.28. The maximum Gasteiger partial charge on any atom is 0.407 e. The van der Waals surface area contributed by atoms with E-state index in [4.69, 9.17) is 9.63 Å². The number of halogens is 1. The molecule has 0 saturated carbocycles. The van der Waals surface area contributed by atoms with Crippen molar-refractivity contribution in [2.75, 3.05) is 13.1 Å². The Hall–Kier alpha value is -2.38. The fraction of sp³-hybridized carbons (Fsp3) is 0.417. The molecular weight excluding hydrogens is 267 g/mol. The Morgan fingerprint density at radius 1 is 1.60 bits per heavy atom. The molecule has 7 nitrogen and oxygen atoms in total. The number of hydrogen-bond acceptors (Lipinski definition) is 4. The van der Waals surface area contributed by atoms with Gasteiger partial charge in [-0.3, -0.25) is 0 Å². The number of likely N-dealkylation sites (tertiary alicyclic amines) is 1. The lowest BCUT2D eigenvalue weighted by Crippen LogP contribution is -2.38. The van der Waals surface area contributed by atoms with Crippen molar-refractivity contribution in [1.82, 2.24) is 20.0 Å². The number of carbonyl (C=O) groups is 1. The summed E-state index contributed by atoms with van der Waals surface area (Å²) in [7, 11) is 0. The Labute approximate surface area is 113 Å². The van der Waals surface area contributed by atoms with Gasteiger partial charge in [0.15, 0.2) is 0 Å². The van der Waals surface area contributed by atoms with E-state index in [9.17, 15) is 9.18 Å². The van der Waals surface area contributed by atoms with Crippen LogP contribution in [0.25, 0.3) is 11.5 Å². The van der Waals surface area contributed by atoms with Crippen LogP contribution in [0.4, 0.5) is 9.18 Å². The van der Waals surface area contributed by atoms with E-state index in [1.807, 2.05) is 0 Å². The molecule has 20 heavy (non-hydrogen) atoms. The van der Waals surface area contributed by atoms with E-state index in [1.165, 1.54) is 17.2 Å². The molecule has 0 aliphatic carbocycles. The van der Waals surface area contributed by atoms with E-state index < -0.39 is 11.9 Å². The van der Waals surface area contributed by atoms with Gasteiger partial charge in [0.25, 0.3) is 0 Å². The van der Waals surface area contributed by atoms with E-state index >= 15 is 0 Å².